The standard InChI is InChI=1S/C23H41NO2/c1-2-3-4-5-6-7-8-9-10-11-12-13-14-21-15-17-22(18-16-21)23(24,19-25)20-26/h15-18,25-26H,2-14,19-20,24H2,1H3. The van der Waals surface area contributed by atoms with Crippen molar-refractivity contribution in [1.82, 2.24) is 0 Å². The Balaban J connectivity index is 2.05. The molecule has 26 heavy (non-hydrogen) atoms. The molecule has 0 bridgehead atoms. The Morgan fingerprint density at radius 3 is 1.54 bits per heavy atom. The molecule has 0 unspecified atom stereocenters. The van der Waals surface area contributed by atoms with Crippen LogP contribution in [-0.2, 0) is 12.0 Å². The minimum atomic E-state index is -1.03. The summed E-state index contributed by atoms with van der Waals surface area (Å²) in [6.45, 7) is 1.78. The Morgan fingerprint density at radius 2 is 1.12 bits per heavy atom. The largest absolute Gasteiger partial charge is 0.394 e. The molecule has 0 radical (unpaired) electrons. The molecule has 1 rings (SSSR count). The molecule has 1 aromatic rings. The normalized spacial score (nSPS) is 11.8. The lowest BCUT2D eigenvalue weighted by atomic mass is 9.91. The topological polar surface area (TPSA) is 66.5 Å². The number of hydrogen-bond acceptors (Lipinski definition) is 3. The third-order valence-corrected chi connectivity index (χ3v) is 5.41. The number of hydrogen-bond donors (Lipinski definition) is 3. The van der Waals surface area contributed by atoms with Gasteiger partial charge in [-0.3, -0.25) is 0 Å². The maximum absolute atomic E-state index is 9.35. The fraction of sp³-hybridized carbons (Fsp3) is 0.739. The molecule has 4 N–H and O–H groups in total. The van der Waals surface area contributed by atoms with Gasteiger partial charge in [-0.1, -0.05) is 102 Å². The highest BCUT2D eigenvalue weighted by molar-refractivity contribution is 5.28. The van der Waals surface area contributed by atoms with E-state index in [-0.39, 0.29) is 13.2 Å². The Hall–Kier alpha value is -0.900. The van der Waals surface area contributed by atoms with Gasteiger partial charge in [0, 0.05) is 0 Å². The zero-order valence-electron chi connectivity index (χ0n) is 16.9. The number of rotatable bonds is 16. The average molecular weight is 364 g/mol. The van der Waals surface area contributed by atoms with Gasteiger partial charge in [0.1, 0.15) is 0 Å². The van der Waals surface area contributed by atoms with Gasteiger partial charge in [-0.05, 0) is 24.0 Å². The van der Waals surface area contributed by atoms with E-state index in [0.717, 1.165) is 12.0 Å². The van der Waals surface area contributed by atoms with Crippen LogP contribution in [0.15, 0.2) is 24.3 Å². The third kappa shape index (κ3) is 9.16. The van der Waals surface area contributed by atoms with Crippen LogP contribution < -0.4 is 5.73 Å². The van der Waals surface area contributed by atoms with Crippen molar-refractivity contribution in [2.45, 2.75) is 95.9 Å². The predicted molar refractivity (Wildman–Crippen MR) is 111 cm³/mol. The highest BCUT2D eigenvalue weighted by Crippen LogP contribution is 2.19. The van der Waals surface area contributed by atoms with E-state index >= 15 is 0 Å². The maximum atomic E-state index is 9.35. The second kappa shape index (κ2) is 14.2. The summed E-state index contributed by atoms with van der Waals surface area (Å²) < 4.78 is 0. The molecule has 0 aliphatic heterocycles. The molecule has 0 saturated carbocycles. The van der Waals surface area contributed by atoms with E-state index in [0.29, 0.717) is 0 Å². The highest BCUT2D eigenvalue weighted by Gasteiger charge is 2.25. The van der Waals surface area contributed by atoms with Crippen molar-refractivity contribution in [2.75, 3.05) is 13.2 Å². The van der Waals surface area contributed by atoms with Crippen LogP contribution in [0.1, 0.15) is 95.1 Å². The van der Waals surface area contributed by atoms with Gasteiger partial charge < -0.3 is 15.9 Å². The monoisotopic (exact) mass is 363 g/mol. The van der Waals surface area contributed by atoms with Gasteiger partial charge in [-0.2, -0.15) is 0 Å². The Bertz CT molecular complexity index is 440. The molecule has 0 amide bonds. The number of aryl methyl sites for hydroxylation is 1. The summed E-state index contributed by atoms with van der Waals surface area (Å²) in [5.41, 5.74) is 7.05. The summed E-state index contributed by atoms with van der Waals surface area (Å²) >= 11 is 0. The smallest absolute Gasteiger partial charge is 0.0878 e. The number of aliphatic hydroxyl groups excluding tert-OH is 2. The molecule has 0 aromatic heterocycles. The van der Waals surface area contributed by atoms with Crippen molar-refractivity contribution in [3.63, 3.8) is 0 Å². The highest BCUT2D eigenvalue weighted by atomic mass is 16.3. The third-order valence-electron chi connectivity index (χ3n) is 5.41. The van der Waals surface area contributed by atoms with Gasteiger partial charge in [-0.25, -0.2) is 0 Å². The minimum Gasteiger partial charge on any atom is -0.394 e. The van der Waals surface area contributed by atoms with Crippen LogP contribution in [0.25, 0.3) is 0 Å². The first-order valence-electron chi connectivity index (χ1n) is 10.8. The van der Waals surface area contributed by atoms with Gasteiger partial charge in [-0.15, -0.1) is 0 Å². The van der Waals surface area contributed by atoms with Crippen LogP contribution in [0.3, 0.4) is 0 Å². The van der Waals surface area contributed by atoms with Crippen molar-refractivity contribution >= 4 is 0 Å². The van der Waals surface area contributed by atoms with Crippen LogP contribution >= 0.6 is 0 Å². The number of benzene rings is 1. The minimum absolute atomic E-state index is 0.248. The van der Waals surface area contributed by atoms with Crippen LogP contribution in [0.4, 0.5) is 0 Å². The summed E-state index contributed by atoms with van der Waals surface area (Å²) in [6.07, 6.45) is 17.6. The summed E-state index contributed by atoms with van der Waals surface area (Å²) in [5.74, 6) is 0. The van der Waals surface area contributed by atoms with Crippen LogP contribution in [0, 0.1) is 0 Å². The number of nitrogens with two attached hydrogens (primary N) is 1. The first-order chi connectivity index (χ1) is 12.7. The van der Waals surface area contributed by atoms with Crippen LogP contribution in [0.2, 0.25) is 0 Å². The Morgan fingerprint density at radius 1 is 0.692 bits per heavy atom. The molecule has 0 fully saturated rings. The molecule has 0 atom stereocenters. The van der Waals surface area contributed by atoms with Crippen molar-refractivity contribution < 1.29 is 10.2 Å². The van der Waals surface area contributed by atoms with Crippen LogP contribution in [0.5, 0.6) is 0 Å². The van der Waals surface area contributed by atoms with Gasteiger partial charge in [0.05, 0.1) is 18.8 Å². The van der Waals surface area contributed by atoms with Gasteiger partial charge in [0.25, 0.3) is 0 Å². The lowest BCUT2D eigenvalue weighted by Crippen LogP contribution is -2.44. The van der Waals surface area contributed by atoms with Crippen LogP contribution in [-0.4, -0.2) is 23.4 Å². The zero-order valence-corrected chi connectivity index (χ0v) is 16.9. The molecule has 0 aliphatic carbocycles. The second-order valence-corrected chi connectivity index (χ2v) is 7.81. The first-order valence-corrected chi connectivity index (χ1v) is 10.8. The van der Waals surface area contributed by atoms with E-state index in [1.54, 1.807) is 0 Å². The zero-order chi connectivity index (χ0) is 19.1. The molecular formula is C23H41NO2. The molecule has 0 saturated heterocycles. The van der Waals surface area contributed by atoms with Gasteiger partial charge >= 0.3 is 0 Å². The lowest BCUT2D eigenvalue weighted by molar-refractivity contribution is 0.121. The Kier molecular flexibility index (Phi) is 12.6. The molecular weight excluding hydrogens is 322 g/mol. The summed E-state index contributed by atoms with van der Waals surface area (Å²) in [5, 5.41) is 18.7. The number of aliphatic hydroxyl groups is 2. The van der Waals surface area contributed by atoms with E-state index in [1.165, 1.54) is 82.6 Å². The quantitative estimate of drug-likeness (QED) is 0.359. The van der Waals surface area contributed by atoms with Crippen molar-refractivity contribution in [3.05, 3.63) is 35.4 Å². The molecule has 1 aromatic carbocycles. The van der Waals surface area contributed by atoms with Gasteiger partial charge in [0.15, 0.2) is 0 Å². The molecule has 0 heterocycles. The van der Waals surface area contributed by atoms with Crippen molar-refractivity contribution in [1.29, 1.82) is 0 Å². The molecule has 3 heteroatoms. The Labute approximate surface area is 161 Å². The van der Waals surface area contributed by atoms with E-state index in [2.05, 4.69) is 19.1 Å². The molecule has 3 nitrogen and oxygen atoms in total. The van der Waals surface area contributed by atoms with Crippen molar-refractivity contribution in [3.8, 4) is 0 Å². The van der Waals surface area contributed by atoms with Gasteiger partial charge in [0.2, 0.25) is 0 Å². The molecule has 0 aliphatic rings. The SMILES string of the molecule is CCCCCCCCCCCCCCc1ccc(C(N)(CO)CO)cc1. The summed E-state index contributed by atoms with van der Waals surface area (Å²) in [4.78, 5) is 0. The fourth-order valence-corrected chi connectivity index (χ4v) is 3.41. The average Bonchev–Trinajstić information content (AvgIpc) is 2.68. The van der Waals surface area contributed by atoms with E-state index in [4.69, 9.17) is 5.73 Å². The lowest BCUT2D eigenvalue weighted by Gasteiger charge is -2.25. The van der Waals surface area contributed by atoms with Crippen molar-refractivity contribution in [2.24, 2.45) is 5.73 Å². The van der Waals surface area contributed by atoms with E-state index in [9.17, 15) is 10.2 Å². The number of unbranched alkanes of at least 4 members (excludes halogenated alkanes) is 11. The van der Waals surface area contributed by atoms with E-state index < -0.39 is 5.54 Å². The molecule has 0 spiro atoms. The fourth-order valence-electron chi connectivity index (χ4n) is 3.41. The summed E-state index contributed by atoms with van der Waals surface area (Å²) in [6, 6.07) is 8.01. The molecule has 150 valence electrons. The summed E-state index contributed by atoms with van der Waals surface area (Å²) in [7, 11) is 0. The van der Waals surface area contributed by atoms with E-state index in [1.807, 2.05) is 12.1 Å². The maximum Gasteiger partial charge on any atom is 0.0878 e. The first kappa shape index (κ1) is 23.1. The second-order valence-electron chi connectivity index (χ2n) is 7.81. The predicted octanol–water partition coefficient (Wildman–Crippen LogP) is 5.07.